The molecule has 0 aliphatic carbocycles. The predicted octanol–water partition coefficient (Wildman–Crippen LogP) is 4.27. The molecule has 0 saturated carbocycles. The maximum Gasteiger partial charge on any atom is 0.274 e. The topological polar surface area (TPSA) is 67.4 Å². The molecule has 0 bridgehead atoms. The van der Waals surface area contributed by atoms with Gasteiger partial charge in [-0.1, -0.05) is 13.8 Å². The first-order valence-electron chi connectivity index (χ1n) is 9.18. The lowest BCUT2D eigenvalue weighted by Gasteiger charge is -2.20. The van der Waals surface area contributed by atoms with Crippen molar-refractivity contribution in [2.24, 2.45) is 0 Å². The molecule has 140 valence electrons. The second-order valence-electron chi connectivity index (χ2n) is 6.40. The van der Waals surface area contributed by atoms with Crippen LogP contribution in [0, 0.1) is 0 Å². The SMILES string of the molecule is CCCN(CCC)C(=O)c1cnc(Nc2ccc(OC(C)C)cc2)cn1. The Morgan fingerprint density at radius 1 is 1.08 bits per heavy atom. The molecule has 6 heteroatoms. The van der Waals surface area contributed by atoms with Crippen LogP contribution in [0.2, 0.25) is 0 Å². The lowest BCUT2D eigenvalue weighted by atomic mass is 10.3. The summed E-state index contributed by atoms with van der Waals surface area (Å²) in [6.07, 6.45) is 5.11. The van der Waals surface area contributed by atoms with Crippen molar-refractivity contribution in [3.05, 3.63) is 42.4 Å². The summed E-state index contributed by atoms with van der Waals surface area (Å²) in [5, 5.41) is 3.18. The maximum absolute atomic E-state index is 12.5. The third kappa shape index (κ3) is 5.72. The molecule has 26 heavy (non-hydrogen) atoms. The number of hydrogen-bond acceptors (Lipinski definition) is 5. The van der Waals surface area contributed by atoms with Crippen LogP contribution in [0.5, 0.6) is 5.75 Å². The summed E-state index contributed by atoms with van der Waals surface area (Å²) in [6.45, 7) is 9.58. The molecule has 0 fully saturated rings. The number of amides is 1. The molecule has 1 aromatic carbocycles. The summed E-state index contributed by atoms with van der Waals surface area (Å²) in [6, 6.07) is 7.65. The summed E-state index contributed by atoms with van der Waals surface area (Å²) in [5.74, 6) is 1.35. The summed E-state index contributed by atoms with van der Waals surface area (Å²) < 4.78 is 5.63. The fourth-order valence-corrected chi connectivity index (χ4v) is 2.56. The highest BCUT2D eigenvalue weighted by Gasteiger charge is 2.16. The van der Waals surface area contributed by atoms with E-state index < -0.39 is 0 Å². The van der Waals surface area contributed by atoms with Crippen LogP contribution in [0.3, 0.4) is 0 Å². The normalized spacial score (nSPS) is 10.7. The van der Waals surface area contributed by atoms with Gasteiger partial charge in [-0.3, -0.25) is 4.79 Å². The van der Waals surface area contributed by atoms with Crippen LogP contribution in [0.4, 0.5) is 11.5 Å². The molecule has 0 saturated heterocycles. The van der Waals surface area contributed by atoms with E-state index in [4.69, 9.17) is 4.74 Å². The van der Waals surface area contributed by atoms with Gasteiger partial charge >= 0.3 is 0 Å². The standard InChI is InChI=1S/C20H28N4O2/c1-5-11-24(12-6-2)20(25)18-13-22-19(14-21-18)23-16-7-9-17(10-8-16)26-15(3)4/h7-10,13-15H,5-6,11-12H2,1-4H3,(H,22,23). The van der Waals surface area contributed by atoms with Gasteiger partial charge in [-0.25, -0.2) is 9.97 Å². The highest BCUT2D eigenvalue weighted by molar-refractivity contribution is 5.92. The number of ether oxygens (including phenoxy) is 1. The van der Waals surface area contributed by atoms with Crippen molar-refractivity contribution in [1.29, 1.82) is 0 Å². The number of aromatic nitrogens is 2. The lowest BCUT2D eigenvalue weighted by Crippen LogP contribution is -2.33. The first-order chi connectivity index (χ1) is 12.5. The number of benzene rings is 1. The Labute approximate surface area is 155 Å². The van der Waals surface area contributed by atoms with E-state index >= 15 is 0 Å². The summed E-state index contributed by atoms with van der Waals surface area (Å²) in [5.41, 5.74) is 1.26. The van der Waals surface area contributed by atoms with Crippen molar-refractivity contribution in [2.45, 2.75) is 46.6 Å². The number of rotatable bonds is 9. The molecule has 2 rings (SSSR count). The average Bonchev–Trinajstić information content (AvgIpc) is 2.63. The van der Waals surface area contributed by atoms with E-state index in [1.807, 2.05) is 43.0 Å². The molecule has 0 aliphatic rings. The molecule has 0 radical (unpaired) electrons. The molecule has 2 aromatic rings. The van der Waals surface area contributed by atoms with Gasteiger partial charge in [-0.2, -0.15) is 0 Å². The number of carbonyl (C=O) groups is 1. The molecule has 1 heterocycles. The molecule has 0 unspecified atom stereocenters. The number of hydrogen-bond donors (Lipinski definition) is 1. The van der Waals surface area contributed by atoms with Crippen molar-refractivity contribution >= 4 is 17.4 Å². The molecular formula is C20H28N4O2. The fraction of sp³-hybridized carbons (Fsp3) is 0.450. The monoisotopic (exact) mass is 356 g/mol. The summed E-state index contributed by atoms with van der Waals surface area (Å²) >= 11 is 0. The maximum atomic E-state index is 12.5. The van der Waals surface area contributed by atoms with Crippen LogP contribution in [-0.4, -0.2) is 40.0 Å². The fourth-order valence-electron chi connectivity index (χ4n) is 2.56. The molecule has 0 atom stereocenters. The van der Waals surface area contributed by atoms with E-state index in [1.165, 1.54) is 6.20 Å². The van der Waals surface area contributed by atoms with Crippen molar-refractivity contribution in [3.8, 4) is 5.75 Å². The van der Waals surface area contributed by atoms with E-state index in [-0.39, 0.29) is 12.0 Å². The summed E-state index contributed by atoms with van der Waals surface area (Å²) in [7, 11) is 0. The zero-order chi connectivity index (χ0) is 18.9. The highest BCUT2D eigenvalue weighted by atomic mass is 16.5. The predicted molar refractivity (Wildman–Crippen MR) is 104 cm³/mol. The molecule has 0 spiro atoms. The van der Waals surface area contributed by atoms with Crippen LogP contribution in [0.15, 0.2) is 36.7 Å². The van der Waals surface area contributed by atoms with Gasteiger partial charge < -0.3 is 15.0 Å². The van der Waals surface area contributed by atoms with Gasteiger partial charge in [-0.15, -0.1) is 0 Å². The molecule has 0 aliphatic heterocycles. The van der Waals surface area contributed by atoms with Gasteiger partial charge in [0.05, 0.1) is 18.5 Å². The number of carbonyl (C=O) groups excluding carboxylic acids is 1. The number of nitrogens with zero attached hydrogens (tertiary/aromatic N) is 3. The minimum Gasteiger partial charge on any atom is -0.491 e. The molecular weight excluding hydrogens is 328 g/mol. The molecule has 1 amide bonds. The largest absolute Gasteiger partial charge is 0.491 e. The second-order valence-corrected chi connectivity index (χ2v) is 6.40. The Bertz CT molecular complexity index is 678. The van der Waals surface area contributed by atoms with E-state index in [0.29, 0.717) is 11.5 Å². The smallest absolute Gasteiger partial charge is 0.274 e. The minimum absolute atomic E-state index is 0.0667. The van der Waals surface area contributed by atoms with Gasteiger partial charge in [0.1, 0.15) is 17.3 Å². The van der Waals surface area contributed by atoms with Crippen LogP contribution >= 0.6 is 0 Å². The Morgan fingerprint density at radius 3 is 2.23 bits per heavy atom. The van der Waals surface area contributed by atoms with E-state index in [1.54, 1.807) is 6.20 Å². The number of anilines is 2. The average molecular weight is 356 g/mol. The van der Waals surface area contributed by atoms with Crippen molar-refractivity contribution in [2.75, 3.05) is 18.4 Å². The van der Waals surface area contributed by atoms with Gasteiger partial charge in [0.25, 0.3) is 5.91 Å². The van der Waals surface area contributed by atoms with Crippen molar-refractivity contribution < 1.29 is 9.53 Å². The lowest BCUT2D eigenvalue weighted by molar-refractivity contribution is 0.0749. The minimum atomic E-state index is -0.0667. The zero-order valence-corrected chi connectivity index (χ0v) is 16.0. The van der Waals surface area contributed by atoms with Gasteiger partial charge in [0.15, 0.2) is 0 Å². The van der Waals surface area contributed by atoms with E-state index in [0.717, 1.165) is 37.4 Å². The first kappa shape index (κ1) is 19.7. The zero-order valence-electron chi connectivity index (χ0n) is 16.0. The molecule has 1 aromatic heterocycles. The number of nitrogens with one attached hydrogen (secondary N) is 1. The van der Waals surface area contributed by atoms with Crippen LogP contribution in [0.25, 0.3) is 0 Å². The Hall–Kier alpha value is -2.63. The Balaban J connectivity index is 2.01. The quantitative estimate of drug-likeness (QED) is 0.727. The molecule has 6 nitrogen and oxygen atoms in total. The Morgan fingerprint density at radius 2 is 1.73 bits per heavy atom. The molecule has 1 N–H and O–H groups in total. The van der Waals surface area contributed by atoms with E-state index in [9.17, 15) is 4.79 Å². The van der Waals surface area contributed by atoms with Gasteiger partial charge in [0.2, 0.25) is 0 Å². The first-order valence-corrected chi connectivity index (χ1v) is 9.18. The Kier molecular flexibility index (Phi) is 7.38. The van der Waals surface area contributed by atoms with Crippen LogP contribution in [0.1, 0.15) is 51.0 Å². The van der Waals surface area contributed by atoms with E-state index in [2.05, 4.69) is 29.1 Å². The second kappa shape index (κ2) is 9.75. The summed E-state index contributed by atoms with van der Waals surface area (Å²) in [4.78, 5) is 22.9. The van der Waals surface area contributed by atoms with Gasteiger partial charge in [0, 0.05) is 18.8 Å². The van der Waals surface area contributed by atoms with Crippen molar-refractivity contribution in [3.63, 3.8) is 0 Å². The third-order valence-corrected chi connectivity index (χ3v) is 3.64. The third-order valence-electron chi connectivity index (χ3n) is 3.64. The highest BCUT2D eigenvalue weighted by Crippen LogP contribution is 2.19. The van der Waals surface area contributed by atoms with Gasteiger partial charge in [-0.05, 0) is 51.0 Å². The van der Waals surface area contributed by atoms with Crippen molar-refractivity contribution in [1.82, 2.24) is 14.9 Å². The van der Waals surface area contributed by atoms with Crippen LogP contribution < -0.4 is 10.1 Å². The van der Waals surface area contributed by atoms with Crippen LogP contribution in [-0.2, 0) is 0 Å².